The summed E-state index contributed by atoms with van der Waals surface area (Å²) in [6.07, 6.45) is 0. The first-order valence-electron chi connectivity index (χ1n) is 2.75. The largest absolute Gasteiger partial charge is 0.290 e. The molecular formula is C7H6OS2. The van der Waals surface area contributed by atoms with Gasteiger partial charge in [-0.05, 0) is 33.7 Å². The molecule has 0 aromatic heterocycles. The molecule has 0 N–H and O–H groups in total. The molecule has 0 aliphatic carbocycles. The predicted molar refractivity (Wildman–Crippen MR) is 46.6 cm³/mol. The number of rotatable bonds is 3. The highest BCUT2D eigenvalue weighted by Gasteiger charge is 1.88. The van der Waals surface area contributed by atoms with Gasteiger partial charge in [0.05, 0.1) is 0 Å². The lowest BCUT2D eigenvalue weighted by Crippen LogP contribution is -1.63. The molecule has 1 nitrogen and oxygen atoms in total. The number of carbonyl (C=O) groups is 1. The van der Waals surface area contributed by atoms with E-state index in [1.54, 1.807) is 0 Å². The van der Waals surface area contributed by atoms with Crippen LogP contribution < -0.4 is 0 Å². The molecule has 0 amide bonds. The van der Waals surface area contributed by atoms with Gasteiger partial charge in [-0.1, -0.05) is 18.2 Å². The zero-order valence-corrected chi connectivity index (χ0v) is 6.82. The van der Waals surface area contributed by atoms with Gasteiger partial charge in [0.25, 0.3) is 0 Å². The van der Waals surface area contributed by atoms with Crippen molar-refractivity contribution in [2.45, 2.75) is 4.90 Å². The van der Waals surface area contributed by atoms with Crippen LogP contribution in [-0.2, 0) is 4.79 Å². The molecule has 3 heteroatoms. The van der Waals surface area contributed by atoms with E-state index in [1.165, 1.54) is 21.6 Å². The minimum Gasteiger partial charge on any atom is -0.290 e. The third-order valence-electron chi connectivity index (χ3n) is 0.927. The average molecular weight is 170 g/mol. The second-order valence-electron chi connectivity index (χ2n) is 1.59. The van der Waals surface area contributed by atoms with Gasteiger partial charge in [-0.25, -0.2) is 0 Å². The quantitative estimate of drug-likeness (QED) is 0.512. The van der Waals surface area contributed by atoms with Gasteiger partial charge in [0.15, 0.2) is 5.62 Å². The zero-order valence-electron chi connectivity index (χ0n) is 5.19. The van der Waals surface area contributed by atoms with Gasteiger partial charge in [-0.2, -0.15) is 0 Å². The van der Waals surface area contributed by atoms with Crippen molar-refractivity contribution in [3.8, 4) is 0 Å². The summed E-state index contributed by atoms with van der Waals surface area (Å²) in [5, 5.41) is 0. The Kier molecular flexibility index (Phi) is 3.40. The maximum atomic E-state index is 9.92. The molecule has 0 saturated carbocycles. The molecule has 1 aromatic carbocycles. The van der Waals surface area contributed by atoms with Crippen LogP contribution in [0.3, 0.4) is 0 Å². The van der Waals surface area contributed by atoms with E-state index in [0.29, 0.717) is 0 Å². The summed E-state index contributed by atoms with van der Waals surface area (Å²) in [6, 6.07) is 9.80. The summed E-state index contributed by atoms with van der Waals surface area (Å²) in [5.74, 6) is 0. The summed E-state index contributed by atoms with van der Waals surface area (Å²) < 4.78 is 0. The maximum Gasteiger partial charge on any atom is 0.187 e. The van der Waals surface area contributed by atoms with Crippen molar-refractivity contribution in [2.75, 3.05) is 0 Å². The summed E-state index contributed by atoms with van der Waals surface area (Å²) in [7, 11) is 2.67. The number of benzene rings is 1. The van der Waals surface area contributed by atoms with Crippen molar-refractivity contribution in [1.82, 2.24) is 0 Å². The fraction of sp³-hybridized carbons (Fsp3) is 0. The molecule has 0 aliphatic rings. The molecular weight excluding hydrogens is 164 g/mol. The highest BCUT2D eigenvalue weighted by Crippen LogP contribution is 2.27. The number of hydrogen-bond acceptors (Lipinski definition) is 3. The summed E-state index contributed by atoms with van der Waals surface area (Å²) in [4.78, 5) is 11.0. The first-order valence-corrected chi connectivity index (χ1v) is 4.97. The fourth-order valence-electron chi connectivity index (χ4n) is 0.551. The summed E-state index contributed by atoms with van der Waals surface area (Å²) >= 11 is 0. The molecule has 1 aromatic rings. The lowest BCUT2D eigenvalue weighted by molar-refractivity contribution is 0.570. The van der Waals surface area contributed by atoms with Gasteiger partial charge >= 0.3 is 0 Å². The molecule has 0 aliphatic heterocycles. The molecule has 1 rings (SSSR count). The standard InChI is InChI=1S/C7H6OS2/c8-6-9-10-7-4-2-1-3-5-7/h1-6H. The molecule has 0 radical (unpaired) electrons. The zero-order chi connectivity index (χ0) is 7.23. The SMILES string of the molecule is O=CSSc1ccccc1. The van der Waals surface area contributed by atoms with E-state index in [9.17, 15) is 4.79 Å². The molecule has 0 spiro atoms. The van der Waals surface area contributed by atoms with E-state index in [4.69, 9.17) is 0 Å². The Morgan fingerprint density at radius 1 is 1.20 bits per heavy atom. The molecule has 0 bridgehead atoms. The Labute approximate surface area is 67.6 Å². The Bertz CT molecular complexity index is 198. The lowest BCUT2D eigenvalue weighted by atomic mass is 10.4. The van der Waals surface area contributed by atoms with Crippen molar-refractivity contribution >= 4 is 27.2 Å². The van der Waals surface area contributed by atoms with Crippen LogP contribution in [0.5, 0.6) is 0 Å². The van der Waals surface area contributed by atoms with E-state index < -0.39 is 0 Å². The normalized spacial score (nSPS) is 9.20. The van der Waals surface area contributed by atoms with Crippen LogP contribution in [0.15, 0.2) is 35.2 Å². The average Bonchev–Trinajstić information content (AvgIpc) is 2.03. The van der Waals surface area contributed by atoms with E-state index in [1.807, 2.05) is 30.3 Å². The van der Waals surface area contributed by atoms with Gasteiger partial charge in [-0.15, -0.1) is 0 Å². The Hall–Kier alpha value is -0.410. The Morgan fingerprint density at radius 3 is 2.50 bits per heavy atom. The number of carbonyl (C=O) groups excluding carboxylic acids is 1. The molecule has 0 atom stereocenters. The molecule has 0 saturated heterocycles. The topological polar surface area (TPSA) is 17.1 Å². The van der Waals surface area contributed by atoms with Crippen molar-refractivity contribution < 1.29 is 4.79 Å². The molecule has 0 heterocycles. The maximum absolute atomic E-state index is 9.92. The highest BCUT2D eigenvalue weighted by atomic mass is 33.1. The van der Waals surface area contributed by atoms with Gasteiger partial charge in [-0.3, -0.25) is 4.79 Å². The van der Waals surface area contributed by atoms with Crippen molar-refractivity contribution in [3.05, 3.63) is 30.3 Å². The van der Waals surface area contributed by atoms with Crippen molar-refractivity contribution in [3.63, 3.8) is 0 Å². The third kappa shape index (κ3) is 2.45. The molecule has 52 valence electrons. The second kappa shape index (κ2) is 4.41. The van der Waals surface area contributed by atoms with E-state index in [2.05, 4.69) is 0 Å². The number of hydrogen-bond donors (Lipinski definition) is 0. The van der Waals surface area contributed by atoms with Crippen molar-refractivity contribution in [1.29, 1.82) is 0 Å². The van der Waals surface area contributed by atoms with E-state index in [0.717, 1.165) is 10.5 Å². The Morgan fingerprint density at radius 2 is 1.90 bits per heavy atom. The van der Waals surface area contributed by atoms with Crippen LogP contribution >= 0.6 is 21.6 Å². The van der Waals surface area contributed by atoms with Crippen LogP contribution in [0.4, 0.5) is 0 Å². The predicted octanol–water partition coefficient (Wildman–Crippen LogP) is 2.62. The molecule has 0 fully saturated rings. The van der Waals surface area contributed by atoms with Crippen LogP contribution in [-0.4, -0.2) is 5.62 Å². The third-order valence-corrected chi connectivity index (χ3v) is 2.67. The minimum atomic E-state index is 0.831. The summed E-state index contributed by atoms with van der Waals surface area (Å²) in [5.41, 5.74) is 0.831. The first-order chi connectivity index (χ1) is 4.93. The van der Waals surface area contributed by atoms with Crippen LogP contribution in [0.1, 0.15) is 0 Å². The highest BCUT2D eigenvalue weighted by molar-refractivity contribution is 8.81. The van der Waals surface area contributed by atoms with Crippen LogP contribution in [0.25, 0.3) is 0 Å². The molecule has 10 heavy (non-hydrogen) atoms. The van der Waals surface area contributed by atoms with Gasteiger partial charge < -0.3 is 0 Å². The van der Waals surface area contributed by atoms with Gasteiger partial charge in [0.2, 0.25) is 0 Å². The smallest absolute Gasteiger partial charge is 0.187 e. The van der Waals surface area contributed by atoms with E-state index in [-0.39, 0.29) is 0 Å². The van der Waals surface area contributed by atoms with Gasteiger partial charge in [0.1, 0.15) is 0 Å². The second-order valence-corrected chi connectivity index (χ2v) is 3.69. The monoisotopic (exact) mass is 170 g/mol. The lowest BCUT2D eigenvalue weighted by Gasteiger charge is -1.91. The van der Waals surface area contributed by atoms with E-state index >= 15 is 0 Å². The minimum absolute atomic E-state index is 0.831. The van der Waals surface area contributed by atoms with Gasteiger partial charge in [0, 0.05) is 4.90 Å². The first kappa shape index (κ1) is 7.69. The van der Waals surface area contributed by atoms with Crippen molar-refractivity contribution in [2.24, 2.45) is 0 Å². The van der Waals surface area contributed by atoms with Crippen LogP contribution in [0, 0.1) is 0 Å². The Balaban J connectivity index is 2.50. The molecule has 0 unspecified atom stereocenters. The summed E-state index contributed by atoms with van der Waals surface area (Å²) in [6.45, 7) is 0. The van der Waals surface area contributed by atoms with Crippen LogP contribution in [0.2, 0.25) is 0 Å². The fourth-order valence-corrected chi connectivity index (χ4v) is 1.75.